The van der Waals surface area contributed by atoms with Crippen molar-refractivity contribution in [3.05, 3.63) is 12.2 Å². The lowest BCUT2D eigenvalue weighted by Crippen LogP contribution is -2.47. The topological polar surface area (TPSA) is 92.4 Å². The Hall–Kier alpha value is -1.36. The van der Waals surface area contributed by atoms with Gasteiger partial charge in [-0.3, -0.25) is 9.59 Å². The predicted molar refractivity (Wildman–Crippen MR) is 68.9 cm³/mol. The maximum atomic E-state index is 12.0. The first kappa shape index (κ1) is 14.7. The van der Waals surface area contributed by atoms with E-state index in [1.165, 1.54) is 0 Å². The van der Waals surface area contributed by atoms with Gasteiger partial charge in [0.25, 0.3) is 0 Å². The minimum absolute atomic E-state index is 0.0717. The fraction of sp³-hybridized carbons (Fsp3) is 0.692. The number of carboxylic acid groups (broad SMARTS) is 1. The van der Waals surface area contributed by atoms with Gasteiger partial charge in [-0.25, -0.2) is 0 Å². The van der Waals surface area contributed by atoms with Crippen molar-refractivity contribution < 1.29 is 14.7 Å². The first-order valence-electron chi connectivity index (χ1n) is 6.16. The molecule has 1 aliphatic carbocycles. The summed E-state index contributed by atoms with van der Waals surface area (Å²) in [6, 6.07) is -0.457. The molecule has 3 unspecified atom stereocenters. The summed E-state index contributed by atoms with van der Waals surface area (Å²) in [6.45, 7) is 5.74. The Morgan fingerprint density at radius 2 is 2.06 bits per heavy atom. The average Bonchev–Trinajstić information content (AvgIpc) is 2.61. The highest BCUT2D eigenvalue weighted by molar-refractivity contribution is 5.82. The van der Waals surface area contributed by atoms with E-state index in [1.807, 2.05) is 26.8 Å². The molecular weight excluding hydrogens is 232 g/mol. The summed E-state index contributed by atoms with van der Waals surface area (Å²) in [6.07, 6.45) is 4.13. The number of nitrogens with one attached hydrogen (secondary N) is 1. The number of carbonyl (C=O) groups is 2. The molecule has 1 amide bonds. The molecule has 0 radical (unpaired) electrons. The summed E-state index contributed by atoms with van der Waals surface area (Å²) in [5.74, 6) is -1.28. The molecule has 0 saturated heterocycles. The Morgan fingerprint density at radius 3 is 2.44 bits per heavy atom. The minimum Gasteiger partial charge on any atom is -0.481 e. The molecule has 5 nitrogen and oxygen atoms in total. The molecule has 0 spiro atoms. The summed E-state index contributed by atoms with van der Waals surface area (Å²) < 4.78 is 0. The molecule has 0 bridgehead atoms. The zero-order valence-electron chi connectivity index (χ0n) is 11.1. The number of nitrogens with two attached hydrogens (primary N) is 1. The molecule has 3 atom stereocenters. The maximum Gasteiger partial charge on any atom is 0.305 e. The third kappa shape index (κ3) is 4.14. The van der Waals surface area contributed by atoms with E-state index in [4.69, 9.17) is 10.8 Å². The lowest BCUT2D eigenvalue weighted by atomic mass is 9.84. The quantitative estimate of drug-likeness (QED) is 0.650. The fourth-order valence-electron chi connectivity index (χ4n) is 1.95. The van der Waals surface area contributed by atoms with Crippen LogP contribution in [0, 0.1) is 11.3 Å². The molecule has 0 saturated carbocycles. The molecule has 0 aliphatic heterocycles. The maximum absolute atomic E-state index is 12.0. The van der Waals surface area contributed by atoms with Crippen molar-refractivity contribution in [1.29, 1.82) is 0 Å². The highest BCUT2D eigenvalue weighted by Gasteiger charge is 2.31. The Morgan fingerprint density at radius 1 is 1.44 bits per heavy atom. The van der Waals surface area contributed by atoms with Crippen LogP contribution < -0.4 is 11.1 Å². The van der Waals surface area contributed by atoms with Gasteiger partial charge in [0.05, 0.1) is 12.3 Å². The lowest BCUT2D eigenvalue weighted by Gasteiger charge is -2.31. The third-order valence-corrected chi connectivity index (χ3v) is 3.19. The average molecular weight is 254 g/mol. The molecule has 5 heteroatoms. The van der Waals surface area contributed by atoms with Crippen molar-refractivity contribution in [1.82, 2.24) is 5.32 Å². The van der Waals surface area contributed by atoms with Crippen LogP contribution in [0.3, 0.4) is 0 Å². The minimum atomic E-state index is -0.908. The number of rotatable bonds is 4. The molecule has 18 heavy (non-hydrogen) atoms. The first-order valence-corrected chi connectivity index (χ1v) is 6.16. The molecule has 1 aliphatic rings. The molecular formula is C13H22N2O3. The van der Waals surface area contributed by atoms with Crippen molar-refractivity contribution in [2.75, 3.05) is 0 Å². The molecule has 0 aromatic rings. The first-order chi connectivity index (χ1) is 8.20. The molecule has 0 heterocycles. The summed E-state index contributed by atoms with van der Waals surface area (Å²) >= 11 is 0. The van der Waals surface area contributed by atoms with Crippen molar-refractivity contribution in [3.63, 3.8) is 0 Å². The van der Waals surface area contributed by atoms with E-state index in [2.05, 4.69) is 5.32 Å². The van der Waals surface area contributed by atoms with Gasteiger partial charge in [-0.05, 0) is 11.8 Å². The van der Waals surface area contributed by atoms with Gasteiger partial charge in [0.2, 0.25) is 5.91 Å². The Kier molecular flexibility index (Phi) is 4.51. The highest BCUT2D eigenvalue weighted by Crippen LogP contribution is 2.24. The second kappa shape index (κ2) is 5.52. The van der Waals surface area contributed by atoms with Crippen LogP contribution in [0.1, 0.15) is 33.6 Å². The van der Waals surface area contributed by atoms with Gasteiger partial charge in [-0.2, -0.15) is 0 Å². The molecule has 0 aromatic heterocycles. The van der Waals surface area contributed by atoms with E-state index in [1.54, 1.807) is 6.08 Å². The van der Waals surface area contributed by atoms with Crippen LogP contribution in [0.5, 0.6) is 0 Å². The smallest absolute Gasteiger partial charge is 0.305 e. The number of amides is 1. The zero-order chi connectivity index (χ0) is 13.9. The van der Waals surface area contributed by atoms with Gasteiger partial charge in [-0.1, -0.05) is 32.9 Å². The van der Waals surface area contributed by atoms with E-state index in [9.17, 15) is 9.59 Å². The third-order valence-electron chi connectivity index (χ3n) is 3.19. The van der Waals surface area contributed by atoms with Gasteiger partial charge >= 0.3 is 5.97 Å². The normalized spacial score (nSPS) is 24.9. The van der Waals surface area contributed by atoms with Gasteiger partial charge in [0.15, 0.2) is 0 Å². The van der Waals surface area contributed by atoms with Crippen LogP contribution >= 0.6 is 0 Å². The summed E-state index contributed by atoms with van der Waals surface area (Å²) in [4.78, 5) is 22.8. The van der Waals surface area contributed by atoms with Crippen molar-refractivity contribution >= 4 is 11.9 Å². The van der Waals surface area contributed by atoms with Crippen LogP contribution in [0.4, 0.5) is 0 Å². The Labute approximate surface area is 107 Å². The van der Waals surface area contributed by atoms with Crippen molar-refractivity contribution in [3.8, 4) is 0 Å². The number of carboxylic acids is 1. The second-order valence-corrected chi connectivity index (χ2v) is 5.92. The van der Waals surface area contributed by atoms with Crippen LogP contribution in [-0.4, -0.2) is 29.1 Å². The molecule has 1 rings (SSSR count). The summed E-state index contributed by atoms with van der Waals surface area (Å²) in [5.41, 5.74) is 5.41. The number of hydrogen-bond donors (Lipinski definition) is 3. The molecule has 0 aromatic carbocycles. The number of hydrogen-bond acceptors (Lipinski definition) is 3. The van der Waals surface area contributed by atoms with Crippen LogP contribution in [0.15, 0.2) is 12.2 Å². The lowest BCUT2D eigenvalue weighted by molar-refractivity contribution is -0.138. The Balaban J connectivity index is 2.63. The van der Waals surface area contributed by atoms with Crippen molar-refractivity contribution in [2.45, 2.75) is 45.7 Å². The van der Waals surface area contributed by atoms with Crippen LogP contribution in [0.25, 0.3) is 0 Å². The predicted octanol–water partition coefficient (Wildman–Crippen LogP) is 0.895. The number of carbonyl (C=O) groups excluding carboxylic acids is 1. The van der Waals surface area contributed by atoms with E-state index in [0.29, 0.717) is 6.42 Å². The summed E-state index contributed by atoms with van der Waals surface area (Å²) in [5, 5.41) is 11.7. The molecule has 0 fully saturated rings. The van der Waals surface area contributed by atoms with Gasteiger partial charge in [0.1, 0.15) is 0 Å². The standard InChI is InChI=1S/C13H22N2O3/c1-13(2,3)10(7-11(16)17)15-12(18)8-4-5-9(14)6-8/h4-5,8-10H,6-7,14H2,1-3H3,(H,15,18)(H,16,17). The molecule has 4 N–H and O–H groups in total. The van der Waals surface area contributed by atoms with Gasteiger partial charge in [0, 0.05) is 12.1 Å². The van der Waals surface area contributed by atoms with Crippen LogP contribution in [0.2, 0.25) is 0 Å². The number of aliphatic carboxylic acids is 1. The van der Waals surface area contributed by atoms with E-state index >= 15 is 0 Å². The van der Waals surface area contributed by atoms with Crippen LogP contribution in [-0.2, 0) is 9.59 Å². The second-order valence-electron chi connectivity index (χ2n) is 5.92. The van der Waals surface area contributed by atoms with E-state index in [-0.39, 0.29) is 35.7 Å². The summed E-state index contributed by atoms with van der Waals surface area (Å²) in [7, 11) is 0. The van der Waals surface area contributed by atoms with E-state index < -0.39 is 5.97 Å². The SMILES string of the molecule is CC(C)(C)C(CC(=O)O)NC(=O)C1C=CC(N)C1. The Bertz CT molecular complexity index is 358. The zero-order valence-corrected chi connectivity index (χ0v) is 11.1. The molecule has 102 valence electrons. The largest absolute Gasteiger partial charge is 0.481 e. The van der Waals surface area contributed by atoms with Gasteiger partial charge in [-0.15, -0.1) is 0 Å². The van der Waals surface area contributed by atoms with E-state index in [0.717, 1.165) is 0 Å². The van der Waals surface area contributed by atoms with Crippen molar-refractivity contribution in [2.24, 2.45) is 17.1 Å². The van der Waals surface area contributed by atoms with Gasteiger partial charge < -0.3 is 16.2 Å². The fourth-order valence-corrected chi connectivity index (χ4v) is 1.95. The monoisotopic (exact) mass is 254 g/mol. The highest BCUT2D eigenvalue weighted by atomic mass is 16.4.